The first-order valence-corrected chi connectivity index (χ1v) is 7.44. The SMILES string of the molecule is O=c1c2ccc([N+](=O)[O-])cc2ncn1CCOc1cccc(Cl)c1. The fourth-order valence-corrected chi connectivity index (χ4v) is 2.42. The highest BCUT2D eigenvalue weighted by molar-refractivity contribution is 6.30. The molecule has 2 aromatic carbocycles. The Morgan fingerprint density at radius 3 is 2.83 bits per heavy atom. The number of halogens is 1. The zero-order valence-corrected chi connectivity index (χ0v) is 13.1. The van der Waals surface area contributed by atoms with E-state index < -0.39 is 4.92 Å². The molecule has 0 bridgehead atoms. The highest BCUT2D eigenvalue weighted by Crippen LogP contribution is 2.18. The molecule has 7 nitrogen and oxygen atoms in total. The molecule has 0 radical (unpaired) electrons. The van der Waals surface area contributed by atoms with Crippen LogP contribution in [0.15, 0.2) is 53.6 Å². The second-order valence-corrected chi connectivity index (χ2v) is 5.44. The molecule has 0 aliphatic carbocycles. The summed E-state index contributed by atoms with van der Waals surface area (Å²) < 4.78 is 6.95. The molecule has 0 saturated carbocycles. The van der Waals surface area contributed by atoms with Gasteiger partial charge in [0, 0.05) is 17.2 Å². The van der Waals surface area contributed by atoms with Crippen molar-refractivity contribution in [1.29, 1.82) is 0 Å². The predicted octanol–water partition coefficient (Wildman–Crippen LogP) is 3.04. The summed E-state index contributed by atoms with van der Waals surface area (Å²) in [6, 6.07) is 11.0. The number of hydrogen-bond donors (Lipinski definition) is 0. The van der Waals surface area contributed by atoms with Crippen molar-refractivity contribution in [3.63, 3.8) is 0 Å². The van der Waals surface area contributed by atoms with Gasteiger partial charge < -0.3 is 4.74 Å². The summed E-state index contributed by atoms with van der Waals surface area (Å²) in [6.45, 7) is 0.561. The summed E-state index contributed by atoms with van der Waals surface area (Å²) in [6.07, 6.45) is 1.36. The lowest BCUT2D eigenvalue weighted by atomic mass is 10.2. The third-order valence-electron chi connectivity index (χ3n) is 3.42. The average Bonchev–Trinajstić information content (AvgIpc) is 2.56. The van der Waals surface area contributed by atoms with Crippen LogP contribution in [0.25, 0.3) is 10.9 Å². The van der Waals surface area contributed by atoms with Crippen molar-refractivity contribution in [2.45, 2.75) is 6.54 Å². The monoisotopic (exact) mass is 345 g/mol. The first kappa shape index (κ1) is 15.9. The van der Waals surface area contributed by atoms with Crippen LogP contribution < -0.4 is 10.3 Å². The van der Waals surface area contributed by atoms with E-state index in [9.17, 15) is 14.9 Å². The fraction of sp³-hybridized carbons (Fsp3) is 0.125. The topological polar surface area (TPSA) is 87.3 Å². The Morgan fingerprint density at radius 1 is 1.25 bits per heavy atom. The normalized spacial score (nSPS) is 10.7. The summed E-state index contributed by atoms with van der Waals surface area (Å²) in [4.78, 5) is 26.7. The summed E-state index contributed by atoms with van der Waals surface area (Å²) in [5.41, 5.74) is -0.0813. The van der Waals surface area contributed by atoms with Crippen LogP contribution in [0.1, 0.15) is 0 Å². The second kappa shape index (κ2) is 6.67. The molecule has 0 fully saturated rings. The van der Waals surface area contributed by atoms with Crippen LogP contribution in [0.3, 0.4) is 0 Å². The van der Waals surface area contributed by atoms with E-state index in [-0.39, 0.29) is 17.9 Å². The smallest absolute Gasteiger partial charge is 0.271 e. The van der Waals surface area contributed by atoms with Crippen LogP contribution in [0, 0.1) is 10.1 Å². The molecule has 3 rings (SSSR count). The molecule has 0 amide bonds. The van der Waals surface area contributed by atoms with Crippen LogP contribution in [-0.2, 0) is 6.54 Å². The first-order chi connectivity index (χ1) is 11.5. The van der Waals surface area contributed by atoms with E-state index in [0.29, 0.717) is 28.2 Å². The van der Waals surface area contributed by atoms with Crippen molar-refractivity contribution in [1.82, 2.24) is 9.55 Å². The van der Waals surface area contributed by atoms with E-state index in [1.54, 1.807) is 24.3 Å². The summed E-state index contributed by atoms with van der Waals surface area (Å²) in [7, 11) is 0. The van der Waals surface area contributed by atoms with Gasteiger partial charge in [-0.3, -0.25) is 19.5 Å². The molecule has 1 aromatic heterocycles. The molecule has 0 N–H and O–H groups in total. The number of hydrogen-bond acceptors (Lipinski definition) is 5. The average molecular weight is 346 g/mol. The van der Waals surface area contributed by atoms with Gasteiger partial charge in [-0.2, -0.15) is 0 Å². The molecular formula is C16H12ClN3O4. The predicted molar refractivity (Wildman–Crippen MR) is 89.6 cm³/mol. The van der Waals surface area contributed by atoms with Gasteiger partial charge in [-0.15, -0.1) is 0 Å². The largest absolute Gasteiger partial charge is 0.492 e. The fourth-order valence-electron chi connectivity index (χ4n) is 2.24. The minimum atomic E-state index is -0.522. The first-order valence-electron chi connectivity index (χ1n) is 7.06. The molecule has 122 valence electrons. The van der Waals surface area contributed by atoms with Crippen molar-refractivity contribution in [3.05, 3.63) is 74.3 Å². The molecular weight excluding hydrogens is 334 g/mol. The molecule has 0 saturated heterocycles. The van der Waals surface area contributed by atoms with Gasteiger partial charge in [0.2, 0.25) is 0 Å². The van der Waals surface area contributed by atoms with E-state index in [0.717, 1.165) is 0 Å². The van der Waals surface area contributed by atoms with Crippen molar-refractivity contribution in [2.24, 2.45) is 0 Å². The molecule has 0 spiro atoms. The van der Waals surface area contributed by atoms with Gasteiger partial charge in [-0.25, -0.2) is 4.98 Å². The summed E-state index contributed by atoms with van der Waals surface area (Å²) in [5.74, 6) is 0.611. The molecule has 0 atom stereocenters. The lowest BCUT2D eigenvalue weighted by molar-refractivity contribution is -0.384. The second-order valence-electron chi connectivity index (χ2n) is 5.01. The summed E-state index contributed by atoms with van der Waals surface area (Å²) >= 11 is 5.87. The number of ether oxygens (including phenoxy) is 1. The van der Waals surface area contributed by atoms with Gasteiger partial charge in [0.25, 0.3) is 11.2 Å². The molecule has 0 unspecified atom stereocenters. The zero-order chi connectivity index (χ0) is 17.1. The lowest BCUT2D eigenvalue weighted by Gasteiger charge is -2.09. The van der Waals surface area contributed by atoms with Crippen LogP contribution >= 0.6 is 11.6 Å². The van der Waals surface area contributed by atoms with Crippen LogP contribution in [-0.4, -0.2) is 21.1 Å². The number of benzene rings is 2. The minimum Gasteiger partial charge on any atom is -0.492 e. The van der Waals surface area contributed by atoms with Gasteiger partial charge in [0.05, 0.1) is 28.7 Å². The van der Waals surface area contributed by atoms with Crippen LogP contribution in [0.2, 0.25) is 5.02 Å². The quantitative estimate of drug-likeness (QED) is 0.524. The molecule has 1 heterocycles. The Bertz CT molecular complexity index is 971. The van der Waals surface area contributed by atoms with Crippen LogP contribution in [0.4, 0.5) is 5.69 Å². The van der Waals surface area contributed by atoms with Crippen molar-refractivity contribution < 1.29 is 9.66 Å². The third kappa shape index (κ3) is 3.36. The molecule has 3 aromatic rings. The van der Waals surface area contributed by atoms with Crippen molar-refractivity contribution >= 4 is 28.2 Å². The highest BCUT2D eigenvalue weighted by Gasteiger charge is 2.10. The molecule has 8 heteroatoms. The van der Waals surface area contributed by atoms with Crippen molar-refractivity contribution in [3.8, 4) is 5.75 Å². The summed E-state index contributed by atoms with van der Waals surface area (Å²) in [5, 5.41) is 11.7. The number of nitro groups is 1. The van der Waals surface area contributed by atoms with E-state index in [2.05, 4.69) is 4.98 Å². The maximum Gasteiger partial charge on any atom is 0.271 e. The number of nitro benzene ring substituents is 1. The number of aromatic nitrogens is 2. The lowest BCUT2D eigenvalue weighted by Crippen LogP contribution is -2.23. The Hall–Kier alpha value is -2.93. The number of fused-ring (bicyclic) bond motifs is 1. The number of nitrogens with zero attached hydrogens (tertiary/aromatic N) is 3. The van der Waals surface area contributed by atoms with E-state index in [1.165, 1.54) is 29.1 Å². The minimum absolute atomic E-state index is 0.101. The van der Waals surface area contributed by atoms with Gasteiger partial charge >= 0.3 is 0 Å². The van der Waals surface area contributed by atoms with E-state index in [4.69, 9.17) is 16.3 Å². The number of non-ortho nitro benzene ring substituents is 1. The van der Waals surface area contributed by atoms with E-state index >= 15 is 0 Å². The Kier molecular flexibility index (Phi) is 4.43. The van der Waals surface area contributed by atoms with Crippen molar-refractivity contribution in [2.75, 3.05) is 6.61 Å². The number of rotatable bonds is 5. The van der Waals surface area contributed by atoms with Gasteiger partial charge in [-0.05, 0) is 24.3 Å². The zero-order valence-electron chi connectivity index (χ0n) is 12.4. The maximum absolute atomic E-state index is 12.4. The Labute approximate surface area is 141 Å². The van der Waals surface area contributed by atoms with Gasteiger partial charge in [0.15, 0.2) is 0 Å². The van der Waals surface area contributed by atoms with E-state index in [1.807, 2.05) is 0 Å². The highest BCUT2D eigenvalue weighted by atomic mass is 35.5. The van der Waals surface area contributed by atoms with Gasteiger partial charge in [-0.1, -0.05) is 17.7 Å². The molecule has 0 aliphatic heterocycles. The molecule has 24 heavy (non-hydrogen) atoms. The third-order valence-corrected chi connectivity index (χ3v) is 3.65. The molecule has 0 aliphatic rings. The van der Waals surface area contributed by atoms with Gasteiger partial charge in [0.1, 0.15) is 12.4 Å². The van der Waals surface area contributed by atoms with Crippen LogP contribution in [0.5, 0.6) is 5.75 Å². The maximum atomic E-state index is 12.4. The Morgan fingerprint density at radius 2 is 2.08 bits per heavy atom. The standard InChI is InChI=1S/C16H12ClN3O4/c17-11-2-1-3-13(8-11)24-7-6-19-10-18-15-9-12(20(22)23)4-5-14(15)16(19)21/h1-5,8-10H,6-7H2. The Balaban J connectivity index is 1.78.